The molecule has 0 fully saturated rings. The van der Waals surface area contributed by atoms with Gasteiger partial charge in [-0.3, -0.25) is 0 Å². The maximum absolute atomic E-state index is 3.47. The Bertz CT molecular complexity index is 360. The van der Waals surface area contributed by atoms with E-state index in [1.165, 1.54) is 8.85 Å². The molecule has 1 N–H and O–H groups in total. The summed E-state index contributed by atoms with van der Waals surface area (Å²) in [5.41, 5.74) is 0. The third kappa shape index (κ3) is 2.49. The van der Waals surface area contributed by atoms with Crippen LogP contribution >= 0.6 is 0 Å². The van der Waals surface area contributed by atoms with E-state index in [9.17, 15) is 0 Å². The molecule has 2 rings (SSSR count). The number of rotatable bonds is 3. The van der Waals surface area contributed by atoms with E-state index in [0.717, 1.165) is 0 Å². The highest BCUT2D eigenvalue weighted by atomic mass is 27.2. The number of benzene rings is 2. The summed E-state index contributed by atoms with van der Waals surface area (Å²) < 4.78 is 6.35. The topological polar surface area (TPSA) is 12.0 Å². The summed E-state index contributed by atoms with van der Waals surface area (Å²) in [4.78, 5) is 0. The monoisotopic (exact) mass is 211 g/mol. The van der Waals surface area contributed by atoms with Crippen molar-refractivity contribution in [2.24, 2.45) is 0 Å². The van der Waals surface area contributed by atoms with Crippen LogP contribution in [0.3, 0.4) is 0 Å². The number of hydrogen-bond donors (Lipinski definition) is 1. The van der Waals surface area contributed by atoms with Gasteiger partial charge in [0.15, 0.2) is 0 Å². The molecule has 0 aromatic heterocycles. The lowest BCUT2D eigenvalue weighted by atomic mass is 10.4. The van der Waals surface area contributed by atoms with E-state index < -0.39 is 14.4 Å². The standard InChI is InChI=1S/2C6H5.CH4N.Al/c2*1-2-4-6-5-3-1;1-2;/h2*1-5H;2H,1H3;/q;;-1;+1. The molecule has 0 spiro atoms. The molecule has 0 radical (unpaired) electrons. The van der Waals surface area contributed by atoms with Crippen molar-refractivity contribution >= 4 is 23.2 Å². The molecule has 2 heteroatoms. The van der Waals surface area contributed by atoms with E-state index in [-0.39, 0.29) is 0 Å². The van der Waals surface area contributed by atoms with E-state index in [2.05, 4.69) is 72.0 Å². The SMILES string of the molecule is C[NH][Al]([c]1ccccc1)[c]1ccccc1. The van der Waals surface area contributed by atoms with Crippen molar-refractivity contribution in [1.29, 1.82) is 0 Å². The first-order chi connectivity index (χ1) is 7.42. The normalized spacial score (nSPS) is 9.93. The van der Waals surface area contributed by atoms with Gasteiger partial charge in [-0.25, -0.2) is 0 Å². The lowest BCUT2D eigenvalue weighted by Crippen LogP contribution is -2.52. The summed E-state index contributed by atoms with van der Waals surface area (Å²) in [6.07, 6.45) is 0. The molecule has 2 aromatic carbocycles. The van der Waals surface area contributed by atoms with Gasteiger partial charge in [0.05, 0.1) is 0 Å². The van der Waals surface area contributed by atoms with Gasteiger partial charge in [0.2, 0.25) is 0 Å². The number of hydrogen-bond acceptors (Lipinski definition) is 1. The molecule has 0 saturated heterocycles. The lowest BCUT2D eigenvalue weighted by Gasteiger charge is -2.10. The van der Waals surface area contributed by atoms with Crippen LogP contribution in [0, 0.1) is 0 Å². The highest BCUT2D eigenvalue weighted by Gasteiger charge is 2.20. The maximum Gasteiger partial charge on any atom is 0.451 e. The third-order valence-corrected chi connectivity index (χ3v) is 5.23. The summed E-state index contributed by atoms with van der Waals surface area (Å²) in [5, 5.41) is 0. The minimum absolute atomic E-state index is 1.18. The van der Waals surface area contributed by atoms with Crippen LogP contribution in [0.15, 0.2) is 60.7 Å². The molecule has 0 atom stereocenters. The Morgan fingerprint density at radius 3 is 1.47 bits per heavy atom. The molecule has 0 unspecified atom stereocenters. The van der Waals surface area contributed by atoms with Gasteiger partial charge in [-0.15, -0.1) is 0 Å². The van der Waals surface area contributed by atoms with Gasteiger partial charge in [0.1, 0.15) is 0 Å². The van der Waals surface area contributed by atoms with E-state index >= 15 is 0 Å². The van der Waals surface area contributed by atoms with Gasteiger partial charge in [-0.2, -0.15) is 0 Å². The Morgan fingerprint density at radius 2 is 1.13 bits per heavy atom. The minimum atomic E-state index is -1.18. The van der Waals surface area contributed by atoms with Crippen molar-refractivity contribution in [2.45, 2.75) is 0 Å². The molecule has 1 nitrogen and oxygen atoms in total. The number of nitrogens with one attached hydrogen (secondary N) is 1. The van der Waals surface area contributed by atoms with Gasteiger partial charge in [-0.05, 0) is 7.05 Å². The molecule has 0 amide bonds. The summed E-state index contributed by atoms with van der Waals surface area (Å²) in [7, 11) is 2.05. The second-order valence-corrected chi connectivity index (χ2v) is 6.32. The van der Waals surface area contributed by atoms with Crippen LogP contribution in [0.1, 0.15) is 0 Å². The Balaban J connectivity index is 2.34. The van der Waals surface area contributed by atoms with Gasteiger partial charge in [0, 0.05) is 0 Å². The smallest absolute Gasteiger partial charge is 0.394 e. The van der Waals surface area contributed by atoms with Crippen LogP contribution in [0.4, 0.5) is 0 Å². The Kier molecular flexibility index (Phi) is 3.58. The molecule has 74 valence electrons. The van der Waals surface area contributed by atoms with Crippen molar-refractivity contribution in [1.82, 2.24) is 4.30 Å². The minimum Gasteiger partial charge on any atom is -0.394 e. The highest BCUT2D eigenvalue weighted by Crippen LogP contribution is 1.89. The first-order valence-corrected chi connectivity index (χ1v) is 6.92. The summed E-state index contributed by atoms with van der Waals surface area (Å²) >= 11 is -1.18. The van der Waals surface area contributed by atoms with Crippen molar-refractivity contribution in [3.8, 4) is 0 Å². The fourth-order valence-electron chi connectivity index (χ4n) is 1.82. The van der Waals surface area contributed by atoms with Crippen molar-refractivity contribution < 1.29 is 0 Å². The Morgan fingerprint density at radius 1 is 0.733 bits per heavy atom. The van der Waals surface area contributed by atoms with Gasteiger partial charge >= 0.3 is 14.4 Å². The van der Waals surface area contributed by atoms with Crippen LogP contribution in [0.5, 0.6) is 0 Å². The van der Waals surface area contributed by atoms with E-state index in [1.54, 1.807) is 0 Å². The molecule has 15 heavy (non-hydrogen) atoms. The van der Waals surface area contributed by atoms with Gasteiger partial charge in [-0.1, -0.05) is 69.5 Å². The first kappa shape index (κ1) is 10.5. The summed E-state index contributed by atoms with van der Waals surface area (Å²) in [5.74, 6) is 0. The molecule has 0 heterocycles. The molecule has 0 saturated carbocycles. The summed E-state index contributed by atoms with van der Waals surface area (Å²) in [6.45, 7) is 0. The van der Waals surface area contributed by atoms with E-state index in [1.807, 2.05) is 0 Å². The van der Waals surface area contributed by atoms with Crippen molar-refractivity contribution in [3.63, 3.8) is 0 Å². The van der Waals surface area contributed by atoms with Crippen molar-refractivity contribution in [2.75, 3.05) is 7.05 Å². The van der Waals surface area contributed by atoms with Crippen molar-refractivity contribution in [3.05, 3.63) is 60.7 Å². The largest absolute Gasteiger partial charge is 0.451 e. The second kappa shape index (κ2) is 5.14. The van der Waals surface area contributed by atoms with Crippen LogP contribution in [0.2, 0.25) is 0 Å². The predicted octanol–water partition coefficient (Wildman–Crippen LogP) is 1.01. The zero-order chi connectivity index (χ0) is 10.5. The van der Waals surface area contributed by atoms with E-state index in [4.69, 9.17) is 0 Å². The molecular weight excluding hydrogens is 197 g/mol. The molecule has 0 aliphatic carbocycles. The van der Waals surface area contributed by atoms with Crippen LogP contribution < -0.4 is 13.2 Å². The molecular formula is C13H14AlN. The summed E-state index contributed by atoms with van der Waals surface area (Å²) in [6, 6.07) is 21.4. The first-order valence-electron chi connectivity index (χ1n) is 5.19. The Hall–Kier alpha value is -1.07. The molecule has 0 bridgehead atoms. The van der Waals surface area contributed by atoms with Crippen LogP contribution in [-0.2, 0) is 0 Å². The fourth-order valence-corrected chi connectivity index (χ4v) is 4.08. The quantitative estimate of drug-likeness (QED) is 0.747. The predicted molar refractivity (Wildman–Crippen MR) is 67.0 cm³/mol. The van der Waals surface area contributed by atoms with Gasteiger partial charge < -0.3 is 4.30 Å². The highest BCUT2D eigenvalue weighted by molar-refractivity contribution is 6.83. The van der Waals surface area contributed by atoms with Gasteiger partial charge in [0.25, 0.3) is 0 Å². The maximum atomic E-state index is 3.47. The zero-order valence-corrected chi connectivity index (χ0v) is 10.0. The third-order valence-electron chi connectivity index (χ3n) is 2.55. The molecule has 0 aliphatic heterocycles. The van der Waals surface area contributed by atoms with Crippen LogP contribution in [-0.4, -0.2) is 21.4 Å². The van der Waals surface area contributed by atoms with E-state index in [0.29, 0.717) is 0 Å². The zero-order valence-electron chi connectivity index (χ0n) is 8.85. The second-order valence-electron chi connectivity index (χ2n) is 3.54. The fraction of sp³-hybridized carbons (Fsp3) is 0.0769. The molecule has 0 aliphatic rings. The van der Waals surface area contributed by atoms with Crippen LogP contribution in [0.25, 0.3) is 0 Å². The average molecular weight is 211 g/mol. The average Bonchev–Trinajstić information content (AvgIpc) is 2.33. The lowest BCUT2D eigenvalue weighted by molar-refractivity contribution is 1.23. The molecule has 2 aromatic rings. The Labute approximate surface area is 95.4 Å².